The van der Waals surface area contributed by atoms with Crippen molar-refractivity contribution in [3.63, 3.8) is 0 Å². The number of anilines is 2. The van der Waals surface area contributed by atoms with Crippen LogP contribution in [-0.2, 0) is 0 Å². The number of nitrogens with one attached hydrogen (secondary N) is 1. The van der Waals surface area contributed by atoms with Gasteiger partial charge in [0.1, 0.15) is 12.4 Å². The van der Waals surface area contributed by atoms with Crippen LogP contribution in [-0.4, -0.2) is 11.6 Å². The van der Waals surface area contributed by atoms with Crippen LogP contribution in [0.2, 0.25) is 0 Å². The molecule has 1 atom stereocenters. The van der Waals surface area contributed by atoms with Crippen molar-refractivity contribution in [3.05, 3.63) is 48.3 Å². The first kappa shape index (κ1) is 9.96. The molecule has 86 valence electrons. The van der Waals surface area contributed by atoms with Gasteiger partial charge in [-0.25, -0.2) is 0 Å². The SMILES string of the molecule is Nc1cncc(NC2COc3ccccc32)c1. The van der Waals surface area contributed by atoms with Gasteiger partial charge in [0.05, 0.1) is 23.6 Å². The third-order valence-electron chi connectivity index (χ3n) is 2.80. The molecule has 1 aromatic heterocycles. The van der Waals surface area contributed by atoms with Gasteiger partial charge in [-0.2, -0.15) is 0 Å². The van der Waals surface area contributed by atoms with Gasteiger partial charge >= 0.3 is 0 Å². The number of nitrogens with zero attached hydrogens (tertiary/aromatic N) is 1. The number of aromatic nitrogens is 1. The van der Waals surface area contributed by atoms with Crippen LogP contribution in [0.3, 0.4) is 0 Å². The molecular formula is C13H13N3O. The summed E-state index contributed by atoms with van der Waals surface area (Å²) < 4.78 is 5.60. The maximum atomic E-state index is 5.69. The van der Waals surface area contributed by atoms with Crippen LogP contribution < -0.4 is 15.8 Å². The molecule has 0 fully saturated rings. The summed E-state index contributed by atoms with van der Waals surface area (Å²) in [5.74, 6) is 0.946. The second-order valence-corrected chi connectivity index (χ2v) is 4.05. The number of ether oxygens (including phenoxy) is 1. The number of pyridine rings is 1. The van der Waals surface area contributed by atoms with Gasteiger partial charge in [0.25, 0.3) is 0 Å². The standard InChI is InChI=1S/C13H13N3O/c14-9-5-10(7-15-6-9)16-12-8-17-13-4-2-1-3-11(12)13/h1-7,12,16H,8,14H2. The van der Waals surface area contributed by atoms with E-state index in [1.54, 1.807) is 12.4 Å². The van der Waals surface area contributed by atoms with Crippen LogP contribution in [0.4, 0.5) is 11.4 Å². The molecule has 1 aliphatic rings. The molecule has 0 bridgehead atoms. The van der Waals surface area contributed by atoms with Gasteiger partial charge in [0.15, 0.2) is 0 Å². The Morgan fingerprint density at radius 2 is 2.18 bits per heavy atom. The Labute approximate surface area is 99.4 Å². The van der Waals surface area contributed by atoms with Gasteiger partial charge in [0.2, 0.25) is 0 Å². The number of hydrogen-bond donors (Lipinski definition) is 2. The molecule has 0 saturated carbocycles. The monoisotopic (exact) mass is 227 g/mol. The molecule has 1 unspecified atom stereocenters. The topological polar surface area (TPSA) is 60.2 Å². The molecule has 4 nitrogen and oxygen atoms in total. The van der Waals surface area contributed by atoms with Crippen molar-refractivity contribution in [1.82, 2.24) is 4.98 Å². The highest BCUT2D eigenvalue weighted by Crippen LogP contribution is 2.33. The zero-order chi connectivity index (χ0) is 11.7. The maximum Gasteiger partial charge on any atom is 0.124 e. The summed E-state index contributed by atoms with van der Waals surface area (Å²) in [5.41, 5.74) is 8.44. The van der Waals surface area contributed by atoms with Crippen molar-refractivity contribution in [2.75, 3.05) is 17.7 Å². The minimum absolute atomic E-state index is 0.162. The molecule has 4 heteroatoms. The van der Waals surface area contributed by atoms with Gasteiger partial charge in [-0.05, 0) is 12.1 Å². The highest BCUT2D eigenvalue weighted by atomic mass is 16.5. The van der Waals surface area contributed by atoms with Crippen LogP contribution in [0, 0.1) is 0 Å². The van der Waals surface area contributed by atoms with Crippen molar-refractivity contribution in [3.8, 4) is 5.75 Å². The van der Waals surface area contributed by atoms with E-state index in [4.69, 9.17) is 10.5 Å². The molecule has 2 heterocycles. The Morgan fingerprint density at radius 1 is 1.29 bits per heavy atom. The molecule has 1 aliphatic heterocycles. The zero-order valence-corrected chi connectivity index (χ0v) is 9.26. The predicted molar refractivity (Wildman–Crippen MR) is 67.0 cm³/mol. The molecular weight excluding hydrogens is 214 g/mol. The summed E-state index contributed by atoms with van der Waals surface area (Å²) in [4.78, 5) is 4.05. The summed E-state index contributed by atoms with van der Waals surface area (Å²) >= 11 is 0. The second-order valence-electron chi connectivity index (χ2n) is 4.05. The average molecular weight is 227 g/mol. The third kappa shape index (κ3) is 1.89. The summed E-state index contributed by atoms with van der Waals surface area (Å²) in [6.45, 7) is 0.633. The molecule has 0 spiro atoms. The average Bonchev–Trinajstić information content (AvgIpc) is 2.73. The Hall–Kier alpha value is -2.23. The lowest BCUT2D eigenvalue weighted by molar-refractivity contribution is 0.340. The van der Waals surface area contributed by atoms with Gasteiger partial charge < -0.3 is 15.8 Å². The number of benzene rings is 1. The lowest BCUT2D eigenvalue weighted by Crippen LogP contribution is -2.12. The number of hydrogen-bond acceptors (Lipinski definition) is 4. The predicted octanol–water partition coefficient (Wildman–Crippen LogP) is 2.21. The van der Waals surface area contributed by atoms with E-state index in [-0.39, 0.29) is 6.04 Å². The fourth-order valence-corrected chi connectivity index (χ4v) is 2.02. The molecule has 3 rings (SSSR count). The third-order valence-corrected chi connectivity index (χ3v) is 2.80. The normalized spacial score (nSPS) is 17.3. The lowest BCUT2D eigenvalue weighted by atomic mass is 10.1. The van der Waals surface area contributed by atoms with E-state index in [9.17, 15) is 0 Å². The first-order chi connectivity index (χ1) is 8.33. The van der Waals surface area contributed by atoms with Crippen molar-refractivity contribution < 1.29 is 4.74 Å². The number of nitrogens with two attached hydrogens (primary N) is 1. The molecule has 2 aromatic rings. The Morgan fingerprint density at radius 3 is 3.06 bits per heavy atom. The molecule has 1 aromatic carbocycles. The molecule has 0 saturated heterocycles. The fraction of sp³-hybridized carbons (Fsp3) is 0.154. The highest BCUT2D eigenvalue weighted by molar-refractivity contribution is 5.54. The van der Waals surface area contributed by atoms with Crippen LogP contribution in [0.25, 0.3) is 0 Å². The minimum Gasteiger partial charge on any atom is -0.491 e. The summed E-state index contributed by atoms with van der Waals surface area (Å²) in [6, 6.07) is 10.1. The number of rotatable bonds is 2. The molecule has 0 amide bonds. The summed E-state index contributed by atoms with van der Waals surface area (Å²) in [6.07, 6.45) is 3.39. The van der Waals surface area contributed by atoms with E-state index in [2.05, 4.69) is 16.4 Å². The van der Waals surface area contributed by atoms with Crippen molar-refractivity contribution in [2.24, 2.45) is 0 Å². The highest BCUT2D eigenvalue weighted by Gasteiger charge is 2.23. The number of para-hydroxylation sites is 1. The second kappa shape index (κ2) is 3.97. The Bertz CT molecular complexity index is 542. The smallest absolute Gasteiger partial charge is 0.124 e. The number of fused-ring (bicyclic) bond motifs is 1. The fourth-order valence-electron chi connectivity index (χ4n) is 2.02. The largest absolute Gasteiger partial charge is 0.491 e. The van der Waals surface area contributed by atoms with Crippen LogP contribution >= 0.6 is 0 Å². The quantitative estimate of drug-likeness (QED) is 0.825. The van der Waals surface area contributed by atoms with E-state index in [1.165, 1.54) is 5.56 Å². The summed E-state index contributed by atoms with van der Waals surface area (Å²) in [7, 11) is 0. The number of nitrogen functional groups attached to an aromatic ring is 1. The van der Waals surface area contributed by atoms with Crippen LogP contribution in [0.1, 0.15) is 11.6 Å². The lowest BCUT2D eigenvalue weighted by Gasteiger charge is -2.12. The molecule has 0 aliphatic carbocycles. The van der Waals surface area contributed by atoms with Crippen LogP contribution in [0.15, 0.2) is 42.7 Å². The van der Waals surface area contributed by atoms with Gasteiger partial charge in [0, 0.05) is 11.8 Å². The molecule has 17 heavy (non-hydrogen) atoms. The van der Waals surface area contributed by atoms with Crippen LogP contribution in [0.5, 0.6) is 5.75 Å². The van der Waals surface area contributed by atoms with E-state index in [1.807, 2.05) is 24.3 Å². The van der Waals surface area contributed by atoms with Gasteiger partial charge in [-0.15, -0.1) is 0 Å². The van der Waals surface area contributed by atoms with Gasteiger partial charge in [-0.3, -0.25) is 4.98 Å². The van der Waals surface area contributed by atoms with Crippen molar-refractivity contribution in [1.29, 1.82) is 0 Å². The first-order valence-corrected chi connectivity index (χ1v) is 5.52. The Balaban J connectivity index is 1.84. The molecule has 3 N–H and O–H groups in total. The van der Waals surface area contributed by atoms with E-state index in [0.29, 0.717) is 12.3 Å². The van der Waals surface area contributed by atoms with Crippen molar-refractivity contribution >= 4 is 11.4 Å². The van der Waals surface area contributed by atoms with E-state index < -0.39 is 0 Å². The van der Waals surface area contributed by atoms with E-state index in [0.717, 1.165) is 11.4 Å². The minimum atomic E-state index is 0.162. The first-order valence-electron chi connectivity index (χ1n) is 5.52. The van der Waals surface area contributed by atoms with Gasteiger partial charge in [-0.1, -0.05) is 18.2 Å². The Kier molecular flexibility index (Phi) is 2.33. The maximum absolute atomic E-state index is 5.69. The van der Waals surface area contributed by atoms with Crippen molar-refractivity contribution in [2.45, 2.75) is 6.04 Å². The van der Waals surface area contributed by atoms with E-state index >= 15 is 0 Å². The summed E-state index contributed by atoms with van der Waals surface area (Å²) in [5, 5.41) is 3.37. The molecule has 0 radical (unpaired) electrons. The zero-order valence-electron chi connectivity index (χ0n) is 9.26.